The minimum absolute atomic E-state index is 0.228. The molecule has 110 valence electrons. The Morgan fingerprint density at radius 3 is 2.90 bits per heavy atom. The van der Waals surface area contributed by atoms with E-state index in [-0.39, 0.29) is 6.04 Å². The maximum absolute atomic E-state index is 6.06. The molecule has 1 aliphatic heterocycles. The third-order valence-electron chi connectivity index (χ3n) is 4.05. The van der Waals surface area contributed by atoms with Gasteiger partial charge in [0, 0.05) is 30.9 Å². The molecule has 0 spiro atoms. The topological polar surface area (TPSA) is 55.0 Å². The zero-order valence-electron chi connectivity index (χ0n) is 12.7. The van der Waals surface area contributed by atoms with Crippen molar-refractivity contribution >= 4 is 5.95 Å². The van der Waals surface area contributed by atoms with E-state index in [1.54, 1.807) is 0 Å². The van der Waals surface area contributed by atoms with Crippen molar-refractivity contribution in [1.82, 2.24) is 9.97 Å². The Bertz CT molecular complexity index is 638. The monoisotopic (exact) mass is 282 g/mol. The molecule has 3 rings (SSSR count). The molecule has 0 saturated carbocycles. The molecule has 0 amide bonds. The van der Waals surface area contributed by atoms with Gasteiger partial charge in [0.05, 0.1) is 5.69 Å². The van der Waals surface area contributed by atoms with E-state index < -0.39 is 0 Å². The molecule has 2 N–H and O–H groups in total. The molecule has 4 heteroatoms. The number of rotatable bonds is 2. The number of hydrogen-bond acceptors (Lipinski definition) is 4. The highest BCUT2D eigenvalue weighted by molar-refractivity contribution is 5.65. The molecule has 0 radical (unpaired) electrons. The molecule has 1 fully saturated rings. The van der Waals surface area contributed by atoms with Crippen molar-refractivity contribution in [3.8, 4) is 11.3 Å². The van der Waals surface area contributed by atoms with Crippen LogP contribution in [-0.2, 0) is 0 Å². The van der Waals surface area contributed by atoms with Gasteiger partial charge in [-0.05, 0) is 44.4 Å². The lowest BCUT2D eigenvalue weighted by Gasteiger charge is -2.30. The Morgan fingerprint density at radius 1 is 1.24 bits per heavy atom. The number of piperidine rings is 1. The van der Waals surface area contributed by atoms with Gasteiger partial charge in [0.1, 0.15) is 0 Å². The highest BCUT2D eigenvalue weighted by Gasteiger charge is 2.19. The summed E-state index contributed by atoms with van der Waals surface area (Å²) in [5.41, 5.74) is 10.7. The number of aryl methyl sites for hydroxylation is 2. The van der Waals surface area contributed by atoms with Crippen LogP contribution in [0.2, 0.25) is 0 Å². The van der Waals surface area contributed by atoms with E-state index in [1.165, 1.54) is 16.7 Å². The van der Waals surface area contributed by atoms with Gasteiger partial charge < -0.3 is 10.6 Å². The number of benzene rings is 1. The highest BCUT2D eigenvalue weighted by atomic mass is 15.3. The van der Waals surface area contributed by atoms with Crippen LogP contribution in [-0.4, -0.2) is 29.1 Å². The Labute approximate surface area is 126 Å². The van der Waals surface area contributed by atoms with Crippen molar-refractivity contribution in [2.24, 2.45) is 5.73 Å². The molecular weight excluding hydrogens is 260 g/mol. The quantitative estimate of drug-likeness (QED) is 0.920. The second-order valence-electron chi connectivity index (χ2n) is 5.91. The lowest BCUT2D eigenvalue weighted by molar-refractivity contribution is 0.500. The third-order valence-corrected chi connectivity index (χ3v) is 4.05. The predicted octanol–water partition coefficient (Wildman–Crippen LogP) is 2.69. The molecule has 1 aromatic carbocycles. The first-order chi connectivity index (χ1) is 10.1. The van der Waals surface area contributed by atoms with Crippen LogP contribution in [0.4, 0.5) is 5.95 Å². The van der Waals surface area contributed by atoms with Crippen molar-refractivity contribution in [3.63, 3.8) is 0 Å². The molecule has 1 aromatic heterocycles. The fourth-order valence-electron chi connectivity index (χ4n) is 2.85. The van der Waals surface area contributed by atoms with Crippen molar-refractivity contribution < 1.29 is 0 Å². The molecule has 0 aliphatic carbocycles. The molecule has 1 saturated heterocycles. The van der Waals surface area contributed by atoms with Crippen LogP contribution in [0.15, 0.2) is 30.5 Å². The van der Waals surface area contributed by atoms with Gasteiger partial charge in [0.15, 0.2) is 0 Å². The van der Waals surface area contributed by atoms with Crippen LogP contribution >= 0.6 is 0 Å². The summed E-state index contributed by atoms with van der Waals surface area (Å²) in [6, 6.07) is 8.67. The maximum atomic E-state index is 6.06. The second kappa shape index (κ2) is 5.82. The molecule has 1 aliphatic rings. The van der Waals surface area contributed by atoms with Gasteiger partial charge in [0.25, 0.3) is 0 Å². The minimum atomic E-state index is 0.228. The Morgan fingerprint density at radius 2 is 2.10 bits per heavy atom. The number of aromatic nitrogens is 2. The summed E-state index contributed by atoms with van der Waals surface area (Å²) in [4.78, 5) is 11.4. The van der Waals surface area contributed by atoms with Crippen LogP contribution in [0.1, 0.15) is 24.0 Å². The molecule has 2 aromatic rings. The van der Waals surface area contributed by atoms with Crippen molar-refractivity contribution in [2.45, 2.75) is 32.7 Å². The molecule has 1 unspecified atom stereocenters. The average molecular weight is 282 g/mol. The van der Waals surface area contributed by atoms with Gasteiger partial charge in [-0.1, -0.05) is 17.7 Å². The van der Waals surface area contributed by atoms with Crippen LogP contribution in [0.25, 0.3) is 11.3 Å². The van der Waals surface area contributed by atoms with Crippen LogP contribution in [0.3, 0.4) is 0 Å². The summed E-state index contributed by atoms with van der Waals surface area (Å²) in [5, 5.41) is 0. The normalized spacial score (nSPS) is 18.8. The molecule has 1 atom stereocenters. The first-order valence-corrected chi connectivity index (χ1v) is 7.54. The molecule has 2 heterocycles. The Balaban J connectivity index is 1.94. The van der Waals surface area contributed by atoms with Gasteiger partial charge in [0.2, 0.25) is 5.95 Å². The summed E-state index contributed by atoms with van der Waals surface area (Å²) in [6.07, 6.45) is 4.05. The zero-order valence-corrected chi connectivity index (χ0v) is 12.7. The smallest absolute Gasteiger partial charge is 0.225 e. The van der Waals surface area contributed by atoms with E-state index in [0.29, 0.717) is 0 Å². The second-order valence-corrected chi connectivity index (χ2v) is 5.91. The summed E-state index contributed by atoms with van der Waals surface area (Å²) in [5.74, 6) is 0.795. The predicted molar refractivity (Wildman–Crippen MR) is 86.4 cm³/mol. The van der Waals surface area contributed by atoms with E-state index in [2.05, 4.69) is 41.9 Å². The lowest BCUT2D eigenvalue weighted by atomic mass is 10.0. The fraction of sp³-hybridized carbons (Fsp3) is 0.412. The van der Waals surface area contributed by atoms with E-state index in [1.807, 2.05) is 12.3 Å². The van der Waals surface area contributed by atoms with Crippen molar-refractivity contribution in [2.75, 3.05) is 18.0 Å². The lowest BCUT2D eigenvalue weighted by Crippen LogP contribution is -2.43. The SMILES string of the molecule is Cc1ccc(C)c(-c2ccnc(N3CCCC(N)C3)n2)c1. The molecule has 0 bridgehead atoms. The van der Waals surface area contributed by atoms with Crippen LogP contribution in [0, 0.1) is 13.8 Å². The number of nitrogens with zero attached hydrogens (tertiary/aromatic N) is 3. The van der Waals surface area contributed by atoms with E-state index in [4.69, 9.17) is 10.7 Å². The summed E-state index contributed by atoms with van der Waals surface area (Å²) >= 11 is 0. The largest absolute Gasteiger partial charge is 0.339 e. The molecular formula is C17H22N4. The van der Waals surface area contributed by atoms with E-state index >= 15 is 0 Å². The van der Waals surface area contributed by atoms with E-state index in [0.717, 1.165) is 37.6 Å². The average Bonchev–Trinajstić information content (AvgIpc) is 2.50. The van der Waals surface area contributed by atoms with Crippen LogP contribution < -0.4 is 10.6 Å². The van der Waals surface area contributed by atoms with E-state index in [9.17, 15) is 0 Å². The van der Waals surface area contributed by atoms with Crippen molar-refractivity contribution in [3.05, 3.63) is 41.6 Å². The fourth-order valence-corrected chi connectivity index (χ4v) is 2.85. The van der Waals surface area contributed by atoms with Gasteiger partial charge in [-0.3, -0.25) is 0 Å². The molecule has 21 heavy (non-hydrogen) atoms. The number of hydrogen-bond donors (Lipinski definition) is 1. The van der Waals surface area contributed by atoms with Gasteiger partial charge in [-0.2, -0.15) is 0 Å². The number of anilines is 1. The first kappa shape index (κ1) is 14.0. The van der Waals surface area contributed by atoms with Crippen LogP contribution in [0.5, 0.6) is 0 Å². The highest BCUT2D eigenvalue weighted by Crippen LogP contribution is 2.24. The Hall–Kier alpha value is -1.94. The number of nitrogens with two attached hydrogens (primary N) is 1. The first-order valence-electron chi connectivity index (χ1n) is 7.54. The Kier molecular flexibility index (Phi) is 3.88. The third kappa shape index (κ3) is 3.05. The molecule has 4 nitrogen and oxygen atoms in total. The summed E-state index contributed by atoms with van der Waals surface area (Å²) < 4.78 is 0. The van der Waals surface area contributed by atoms with Gasteiger partial charge in [-0.25, -0.2) is 9.97 Å². The standard InChI is InChI=1S/C17H22N4/c1-12-5-6-13(2)15(10-12)16-7-8-19-17(20-16)21-9-3-4-14(18)11-21/h5-8,10,14H,3-4,9,11,18H2,1-2H3. The van der Waals surface area contributed by atoms with Gasteiger partial charge in [-0.15, -0.1) is 0 Å². The van der Waals surface area contributed by atoms with Gasteiger partial charge >= 0.3 is 0 Å². The van der Waals surface area contributed by atoms with Crippen molar-refractivity contribution in [1.29, 1.82) is 0 Å². The summed E-state index contributed by atoms with van der Waals surface area (Å²) in [6.45, 7) is 6.06. The zero-order chi connectivity index (χ0) is 14.8. The maximum Gasteiger partial charge on any atom is 0.225 e. The minimum Gasteiger partial charge on any atom is -0.339 e. The summed E-state index contributed by atoms with van der Waals surface area (Å²) in [7, 11) is 0.